The minimum absolute atomic E-state index is 0.883. The van der Waals surface area contributed by atoms with Gasteiger partial charge in [-0.25, -0.2) is 0 Å². The Bertz CT molecular complexity index is 616. The summed E-state index contributed by atoms with van der Waals surface area (Å²) >= 11 is 5.51. The molecule has 0 amide bonds. The van der Waals surface area contributed by atoms with Crippen molar-refractivity contribution in [3.8, 4) is 0 Å². The Labute approximate surface area is 125 Å². The molecule has 0 fully saturated rings. The van der Waals surface area contributed by atoms with Gasteiger partial charge in [0.15, 0.2) is 0 Å². The van der Waals surface area contributed by atoms with E-state index in [4.69, 9.17) is 12.2 Å². The summed E-state index contributed by atoms with van der Waals surface area (Å²) in [6, 6.07) is 21.1. The van der Waals surface area contributed by atoms with E-state index in [1.807, 2.05) is 6.07 Å². The van der Waals surface area contributed by atoms with Crippen molar-refractivity contribution in [2.24, 2.45) is 0 Å². The molecule has 2 heteroatoms. The van der Waals surface area contributed by atoms with Crippen LogP contribution >= 0.6 is 12.2 Å². The lowest BCUT2D eigenvalue weighted by Crippen LogP contribution is -2.25. The van der Waals surface area contributed by atoms with Crippen molar-refractivity contribution < 1.29 is 0 Å². The summed E-state index contributed by atoms with van der Waals surface area (Å²) in [7, 11) is 0. The minimum Gasteiger partial charge on any atom is -0.335 e. The fraction of sp³-hybridized carbons (Fsp3) is 0.167. The van der Waals surface area contributed by atoms with Crippen LogP contribution in [0.15, 0.2) is 66.7 Å². The van der Waals surface area contributed by atoms with Gasteiger partial charge in [-0.1, -0.05) is 79.0 Å². The molecule has 0 spiro atoms. The normalized spacial score (nSPS) is 14.5. The van der Waals surface area contributed by atoms with Crippen LogP contribution < -0.4 is 0 Å². The molecule has 1 heterocycles. The molecular weight excluding hydrogens is 262 g/mol. The predicted octanol–water partition coefficient (Wildman–Crippen LogP) is 4.30. The molecule has 2 aromatic carbocycles. The van der Waals surface area contributed by atoms with E-state index < -0.39 is 0 Å². The second-order valence-electron chi connectivity index (χ2n) is 4.94. The van der Waals surface area contributed by atoms with Gasteiger partial charge >= 0.3 is 0 Å². The standard InChI is InChI=1S/C18H17NS/c20-18-12-11-17(16-9-5-2-6-10-16)19(18)14-13-15-7-3-1-4-8-15/h1-11H,12-14H2. The number of hydrogen-bond acceptors (Lipinski definition) is 1. The number of thiocarbonyl (C=S) groups is 1. The zero-order valence-electron chi connectivity index (χ0n) is 11.3. The van der Waals surface area contributed by atoms with Crippen LogP contribution in [0.4, 0.5) is 0 Å². The van der Waals surface area contributed by atoms with E-state index >= 15 is 0 Å². The fourth-order valence-electron chi connectivity index (χ4n) is 2.55. The number of hydrogen-bond donors (Lipinski definition) is 0. The van der Waals surface area contributed by atoms with Gasteiger partial charge in [0.1, 0.15) is 0 Å². The van der Waals surface area contributed by atoms with Crippen molar-refractivity contribution in [3.05, 3.63) is 77.9 Å². The smallest absolute Gasteiger partial charge is 0.0862 e. The molecule has 0 saturated carbocycles. The lowest BCUT2D eigenvalue weighted by molar-refractivity contribution is 0.595. The van der Waals surface area contributed by atoms with E-state index in [0.717, 1.165) is 24.4 Å². The number of rotatable bonds is 4. The van der Waals surface area contributed by atoms with Crippen LogP contribution in [0.25, 0.3) is 5.70 Å². The third-order valence-electron chi connectivity index (χ3n) is 3.60. The maximum Gasteiger partial charge on any atom is 0.0862 e. The van der Waals surface area contributed by atoms with Gasteiger partial charge in [0.25, 0.3) is 0 Å². The van der Waals surface area contributed by atoms with Gasteiger partial charge < -0.3 is 4.90 Å². The summed E-state index contributed by atoms with van der Waals surface area (Å²) in [6.07, 6.45) is 4.14. The van der Waals surface area contributed by atoms with Gasteiger partial charge in [-0.2, -0.15) is 0 Å². The summed E-state index contributed by atoms with van der Waals surface area (Å²) in [5.74, 6) is 0. The molecule has 0 saturated heterocycles. The molecule has 0 bridgehead atoms. The Morgan fingerprint density at radius 3 is 2.25 bits per heavy atom. The zero-order valence-corrected chi connectivity index (χ0v) is 12.1. The molecule has 3 rings (SSSR count). The highest BCUT2D eigenvalue weighted by Gasteiger charge is 2.20. The average molecular weight is 279 g/mol. The van der Waals surface area contributed by atoms with Gasteiger partial charge in [-0.15, -0.1) is 0 Å². The van der Waals surface area contributed by atoms with E-state index in [0.29, 0.717) is 0 Å². The SMILES string of the molecule is S=C1CC=C(c2ccccc2)N1CCc1ccccc1. The molecule has 20 heavy (non-hydrogen) atoms. The Morgan fingerprint density at radius 2 is 1.55 bits per heavy atom. The highest BCUT2D eigenvalue weighted by atomic mass is 32.1. The molecule has 0 atom stereocenters. The lowest BCUT2D eigenvalue weighted by atomic mass is 10.1. The monoisotopic (exact) mass is 279 g/mol. The molecule has 0 unspecified atom stereocenters. The van der Waals surface area contributed by atoms with E-state index in [2.05, 4.69) is 65.6 Å². The first-order valence-corrected chi connectivity index (χ1v) is 7.35. The molecule has 0 radical (unpaired) electrons. The second-order valence-corrected chi connectivity index (χ2v) is 5.41. The molecule has 0 N–H and O–H groups in total. The van der Waals surface area contributed by atoms with Crippen molar-refractivity contribution in [1.82, 2.24) is 4.90 Å². The van der Waals surface area contributed by atoms with Gasteiger partial charge in [0.2, 0.25) is 0 Å². The zero-order chi connectivity index (χ0) is 13.8. The third-order valence-corrected chi connectivity index (χ3v) is 3.99. The van der Waals surface area contributed by atoms with Gasteiger partial charge in [-0.3, -0.25) is 0 Å². The Morgan fingerprint density at radius 1 is 0.900 bits per heavy atom. The fourth-order valence-corrected chi connectivity index (χ4v) is 2.83. The minimum atomic E-state index is 0.883. The maximum atomic E-state index is 5.51. The van der Waals surface area contributed by atoms with Gasteiger partial charge in [0, 0.05) is 18.7 Å². The van der Waals surface area contributed by atoms with Gasteiger partial charge in [-0.05, 0) is 17.5 Å². The van der Waals surface area contributed by atoms with E-state index in [-0.39, 0.29) is 0 Å². The predicted molar refractivity (Wildman–Crippen MR) is 88.5 cm³/mol. The van der Waals surface area contributed by atoms with Crippen LogP contribution in [0.3, 0.4) is 0 Å². The van der Waals surface area contributed by atoms with Crippen LogP contribution in [0.2, 0.25) is 0 Å². The second kappa shape index (κ2) is 6.02. The topological polar surface area (TPSA) is 3.24 Å². The van der Waals surface area contributed by atoms with E-state index in [1.54, 1.807) is 0 Å². The molecule has 0 aliphatic carbocycles. The first-order chi connectivity index (χ1) is 9.84. The molecule has 100 valence electrons. The average Bonchev–Trinajstić information content (AvgIpc) is 2.88. The van der Waals surface area contributed by atoms with Crippen molar-refractivity contribution in [1.29, 1.82) is 0 Å². The van der Waals surface area contributed by atoms with Crippen LogP contribution in [0.1, 0.15) is 17.5 Å². The molecule has 1 aliphatic heterocycles. The highest BCUT2D eigenvalue weighted by Crippen LogP contribution is 2.27. The summed E-state index contributed by atoms with van der Waals surface area (Å²) in [6.45, 7) is 0.948. The third kappa shape index (κ3) is 2.81. The largest absolute Gasteiger partial charge is 0.335 e. The first kappa shape index (κ1) is 13.1. The van der Waals surface area contributed by atoms with Crippen molar-refractivity contribution >= 4 is 22.9 Å². The quantitative estimate of drug-likeness (QED) is 0.768. The van der Waals surface area contributed by atoms with E-state index in [1.165, 1.54) is 16.8 Å². The summed E-state index contributed by atoms with van der Waals surface area (Å²) in [5, 5.41) is 0. The van der Waals surface area contributed by atoms with Gasteiger partial charge in [0.05, 0.1) is 4.99 Å². The van der Waals surface area contributed by atoms with Crippen molar-refractivity contribution in [2.45, 2.75) is 12.8 Å². The summed E-state index contributed by atoms with van der Waals surface area (Å²) in [4.78, 5) is 3.30. The molecule has 1 nitrogen and oxygen atoms in total. The number of nitrogens with zero attached hydrogens (tertiary/aromatic N) is 1. The summed E-state index contributed by atoms with van der Waals surface area (Å²) in [5.41, 5.74) is 3.86. The highest BCUT2D eigenvalue weighted by molar-refractivity contribution is 7.80. The van der Waals surface area contributed by atoms with Crippen LogP contribution in [-0.2, 0) is 6.42 Å². The lowest BCUT2D eigenvalue weighted by Gasteiger charge is -2.23. The Balaban J connectivity index is 1.74. The first-order valence-electron chi connectivity index (χ1n) is 6.94. The number of benzene rings is 2. The van der Waals surface area contributed by atoms with Crippen LogP contribution in [0.5, 0.6) is 0 Å². The molecular formula is C18H17NS. The molecule has 0 aromatic heterocycles. The van der Waals surface area contributed by atoms with Crippen molar-refractivity contribution in [2.75, 3.05) is 6.54 Å². The van der Waals surface area contributed by atoms with Crippen LogP contribution in [-0.4, -0.2) is 16.4 Å². The molecule has 2 aromatic rings. The Hall–Kier alpha value is -1.93. The Kier molecular flexibility index (Phi) is 3.93. The van der Waals surface area contributed by atoms with Crippen LogP contribution in [0, 0.1) is 0 Å². The molecule has 1 aliphatic rings. The van der Waals surface area contributed by atoms with Crippen molar-refractivity contribution in [3.63, 3.8) is 0 Å². The van der Waals surface area contributed by atoms with E-state index in [9.17, 15) is 0 Å². The summed E-state index contributed by atoms with van der Waals surface area (Å²) < 4.78 is 0. The maximum absolute atomic E-state index is 5.51.